The molecule has 138 valence electrons. The Kier molecular flexibility index (Phi) is 4.92. The minimum Gasteiger partial charge on any atom is -0.416 e. The average molecular weight is 379 g/mol. The summed E-state index contributed by atoms with van der Waals surface area (Å²) in [6, 6.07) is 4.19. The van der Waals surface area contributed by atoms with Gasteiger partial charge in [-0.05, 0) is 30.3 Å². The highest BCUT2D eigenvalue weighted by Crippen LogP contribution is 2.36. The van der Waals surface area contributed by atoms with Crippen molar-refractivity contribution in [2.45, 2.75) is 12.4 Å². The third-order valence-corrected chi connectivity index (χ3v) is 3.11. The van der Waals surface area contributed by atoms with Crippen LogP contribution in [-0.2, 0) is 12.4 Å². The SMILES string of the molecule is O=C(Oc1ccc(C(F)(F)F)cc1[N+](=O)[O-])c1cccc(C(F)(F)F)c1. The number of rotatable bonds is 3. The molecule has 0 heterocycles. The lowest BCUT2D eigenvalue weighted by Crippen LogP contribution is -2.13. The lowest BCUT2D eigenvalue weighted by molar-refractivity contribution is -0.385. The van der Waals surface area contributed by atoms with Gasteiger partial charge in [-0.1, -0.05) is 6.07 Å². The Labute approximate surface area is 141 Å². The standard InChI is InChI=1S/C15H7F6NO4/c16-14(17,18)9-3-1-2-8(6-9)13(23)26-12-5-4-10(15(19,20)21)7-11(12)22(24)25/h1-7H. The van der Waals surface area contributed by atoms with Gasteiger partial charge in [-0.15, -0.1) is 0 Å². The van der Waals surface area contributed by atoms with Gasteiger partial charge in [0, 0.05) is 6.07 Å². The number of alkyl halides is 6. The van der Waals surface area contributed by atoms with Gasteiger partial charge >= 0.3 is 24.0 Å². The summed E-state index contributed by atoms with van der Waals surface area (Å²) in [5, 5.41) is 10.9. The van der Waals surface area contributed by atoms with Crippen molar-refractivity contribution in [3.05, 3.63) is 69.3 Å². The molecule has 0 aromatic heterocycles. The Hall–Kier alpha value is -3.11. The topological polar surface area (TPSA) is 69.4 Å². The molecular formula is C15H7F6NO4. The van der Waals surface area contributed by atoms with Gasteiger partial charge in [0.05, 0.1) is 21.6 Å². The summed E-state index contributed by atoms with van der Waals surface area (Å²) in [5.41, 5.74) is -4.23. The number of hydrogen-bond acceptors (Lipinski definition) is 4. The van der Waals surface area contributed by atoms with E-state index in [0.717, 1.165) is 12.1 Å². The van der Waals surface area contributed by atoms with Crippen molar-refractivity contribution in [1.82, 2.24) is 0 Å². The van der Waals surface area contributed by atoms with Crippen LogP contribution in [0.2, 0.25) is 0 Å². The molecule has 0 aliphatic heterocycles. The molecule has 0 spiro atoms. The Morgan fingerprint density at radius 1 is 0.923 bits per heavy atom. The Balaban J connectivity index is 2.36. The molecule has 0 atom stereocenters. The number of esters is 1. The Morgan fingerprint density at radius 2 is 1.50 bits per heavy atom. The van der Waals surface area contributed by atoms with E-state index >= 15 is 0 Å². The van der Waals surface area contributed by atoms with E-state index in [4.69, 9.17) is 0 Å². The highest BCUT2D eigenvalue weighted by molar-refractivity contribution is 5.91. The van der Waals surface area contributed by atoms with Crippen molar-refractivity contribution in [2.24, 2.45) is 0 Å². The van der Waals surface area contributed by atoms with Crippen LogP contribution in [-0.4, -0.2) is 10.9 Å². The van der Waals surface area contributed by atoms with Crippen LogP contribution in [0.15, 0.2) is 42.5 Å². The third kappa shape index (κ3) is 4.29. The van der Waals surface area contributed by atoms with Crippen molar-refractivity contribution >= 4 is 11.7 Å². The molecule has 0 saturated heterocycles. The zero-order chi connectivity index (χ0) is 19.7. The zero-order valence-corrected chi connectivity index (χ0v) is 12.4. The Morgan fingerprint density at radius 3 is 2.04 bits per heavy atom. The van der Waals surface area contributed by atoms with Crippen LogP contribution in [0.5, 0.6) is 5.75 Å². The molecule has 0 fully saturated rings. The average Bonchev–Trinajstić information content (AvgIpc) is 2.53. The third-order valence-electron chi connectivity index (χ3n) is 3.11. The highest BCUT2D eigenvalue weighted by Gasteiger charge is 2.34. The summed E-state index contributed by atoms with van der Waals surface area (Å²) in [6.45, 7) is 0. The molecule has 0 aliphatic carbocycles. The smallest absolute Gasteiger partial charge is 0.416 e. The predicted molar refractivity (Wildman–Crippen MR) is 74.5 cm³/mol. The van der Waals surface area contributed by atoms with Crippen molar-refractivity contribution in [3.63, 3.8) is 0 Å². The summed E-state index contributed by atoms with van der Waals surface area (Å²) in [4.78, 5) is 21.6. The molecule has 0 N–H and O–H groups in total. The van der Waals surface area contributed by atoms with Gasteiger partial charge in [0.15, 0.2) is 0 Å². The van der Waals surface area contributed by atoms with Gasteiger partial charge in [0.25, 0.3) is 0 Å². The predicted octanol–water partition coefficient (Wildman–Crippen LogP) is 4.85. The lowest BCUT2D eigenvalue weighted by atomic mass is 10.1. The number of benzene rings is 2. The molecule has 0 bridgehead atoms. The Bertz CT molecular complexity index is 860. The summed E-state index contributed by atoms with van der Waals surface area (Å²) in [5.74, 6) is -2.22. The van der Waals surface area contributed by atoms with E-state index in [2.05, 4.69) is 4.74 Å². The molecule has 0 aliphatic rings. The van der Waals surface area contributed by atoms with Gasteiger partial charge < -0.3 is 4.74 Å². The maximum absolute atomic E-state index is 12.6. The van der Waals surface area contributed by atoms with Gasteiger partial charge in [-0.2, -0.15) is 26.3 Å². The number of ether oxygens (including phenoxy) is 1. The van der Waals surface area contributed by atoms with Crippen LogP contribution >= 0.6 is 0 Å². The first-order valence-electron chi connectivity index (χ1n) is 6.64. The van der Waals surface area contributed by atoms with Crippen LogP contribution in [0.4, 0.5) is 32.0 Å². The molecule has 2 rings (SSSR count). The maximum Gasteiger partial charge on any atom is 0.416 e. The number of nitrogens with zero attached hydrogens (tertiary/aromatic N) is 1. The van der Waals surface area contributed by atoms with Crippen molar-refractivity contribution in [3.8, 4) is 5.75 Å². The number of carbonyl (C=O) groups is 1. The second-order valence-electron chi connectivity index (χ2n) is 4.91. The zero-order valence-electron chi connectivity index (χ0n) is 12.4. The minimum atomic E-state index is -4.87. The van der Waals surface area contributed by atoms with Crippen molar-refractivity contribution < 1.29 is 40.8 Å². The molecular weight excluding hydrogens is 372 g/mol. The van der Waals surface area contributed by atoms with Crippen molar-refractivity contribution in [2.75, 3.05) is 0 Å². The van der Waals surface area contributed by atoms with Crippen LogP contribution in [0.1, 0.15) is 21.5 Å². The van der Waals surface area contributed by atoms with E-state index in [1.165, 1.54) is 0 Å². The second kappa shape index (κ2) is 6.65. The molecule has 2 aromatic carbocycles. The quantitative estimate of drug-likeness (QED) is 0.251. The van der Waals surface area contributed by atoms with E-state index in [1.54, 1.807) is 0 Å². The first-order chi connectivity index (χ1) is 11.9. The summed E-state index contributed by atoms with van der Waals surface area (Å²) >= 11 is 0. The molecule has 5 nitrogen and oxygen atoms in total. The normalized spacial score (nSPS) is 11.9. The number of carbonyl (C=O) groups excluding carboxylic acids is 1. The molecule has 11 heteroatoms. The fourth-order valence-corrected chi connectivity index (χ4v) is 1.90. The lowest BCUT2D eigenvalue weighted by Gasteiger charge is -2.10. The minimum absolute atomic E-state index is 0.161. The summed E-state index contributed by atoms with van der Waals surface area (Å²) in [7, 11) is 0. The largest absolute Gasteiger partial charge is 0.416 e. The van der Waals surface area contributed by atoms with Crippen LogP contribution < -0.4 is 4.74 Å². The first kappa shape index (κ1) is 19.2. The summed E-state index contributed by atoms with van der Waals surface area (Å²) < 4.78 is 80.4. The fraction of sp³-hybridized carbons (Fsp3) is 0.133. The number of halogens is 6. The van der Waals surface area contributed by atoms with Gasteiger partial charge in [-0.3, -0.25) is 10.1 Å². The number of nitro groups is 1. The van der Waals surface area contributed by atoms with E-state index in [0.29, 0.717) is 24.3 Å². The first-order valence-corrected chi connectivity index (χ1v) is 6.64. The molecule has 26 heavy (non-hydrogen) atoms. The number of nitro benzene ring substituents is 1. The van der Waals surface area contributed by atoms with E-state index in [9.17, 15) is 41.3 Å². The molecule has 2 aromatic rings. The molecule has 0 saturated carbocycles. The van der Waals surface area contributed by atoms with Crippen LogP contribution in [0, 0.1) is 10.1 Å². The van der Waals surface area contributed by atoms with Gasteiger partial charge in [0.2, 0.25) is 5.75 Å². The van der Waals surface area contributed by atoms with Crippen LogP contribution in [0.3, 0.4) is 0 Å². The second-order valence-corrected chi connectivity index (χ2v) is 4.91. The monoisotopic (exact) mass is 379 g/mol. The fourth-order valence-electron chi connectivity index (χ4n) is 1.90. The molecule has 0 unspecified atom stereocenters. The van der Waals surface area contributed by atoms with E-state index < -0.39 is 51.4 Å². The van der Waals surface area contributed by atoms with Gasteiger partial charge in [-0.25, -0.2) is 4.79 Å². The van der Waals surface area contributed by atoms with Crippen molar-refractivity contribution in [1.29, 1.82) is 0 Å². The molecule has 0 amide bonds. The van der Waals surface area contributed by atoms with E-state index in [1.807, 2.05) is 0 Å². The summed E-state index contributed by atoms with van der Waals surface area (Å²) in [6.07, 6.45) is -9.61. The number of hydrogen-bond donors (Lipinski definition) is 0. The van der Waals surface area contributed by atoms with E-state index in [-0.39, 0.29) is 6.07 Å². The maximum atomic E-state index is 12.6. The highest BCUT2D eigenvalue weighted by atomic mass is 19.4. The molecule has 0 radical (unpaired) electrons. The van der Waals surface area contributed by atoms with Gasteiger partial charge in [0.1, 0.15) is 0 Å². The van der Waals surface area contributed by atoms with Crippen LogP contribution in [0.25, 0.3) is 0 Å².